The lowest BCUT2D eigenvalue weighted by Crippen LogP contribution is -2.34. The smallest absolute Gasteiger partial charge is 0.270 e. The molecule has 6 rings (SSSR count). The van der Waals surface area contributed by atoms with Gasteiger partial charge in [-0.15, -0.1) is 0 Å². The summed E-state index contributed by atoms with van der Waals surface area (Å²) in [6, 6.07) is 20.4. The van der Waals surface area contributed by atoms with Gasteiger partial charge in [0.2, 0.25) is 5.91 Å². The lowest BCUT2D eigenvalue weighted by Gasteiger charge is -2.26. The number of nitrogens with one attached hydrogen (secondary N) is 1. The van der Waals surface area contributed by atoms with Gasteiger partial charge in [-0.3, -0.25) is 19.8 Å². The maximum atomic E-state index is 12.3. The highest BCUT2D eigenvalue weighted by Gasteiger charge is 2.22. The average Bonchev–Trinajstić information content (AvgIpc) is 3.61. The number of nitro benzene ring substituents is 1. The number of hydrogen-bond acceptors (Lipinski definition) is 6. The van der Waals surface area contributed by atoms with Gasteiger partial charge < -0.3 is 15.0 Å². The molecule has 2 fully saturated rings. The number of nitrogens with zero attached hydrogens (tertiary/aromatic N) is 4. The van der Waals surface area contributed by atoms with Crippen molar-refractivity contribution in [2.75, 3.05) is 19.6 Å². The number of aliphatic imine (C=N–C) groups is 1. The minimum absolute atomic E-state index is 0.0649. The molecule has 1 amide bonds. The third kappa shape index (κ3) is 5.85. The van der Waals surface area contributed by atoms with E-state index in [1.165, 1.54) is 30.5 Å². The van der Waals surface area contributed by atoms with Crippen molar-refractivity contribution < 1.29 is 14.8 Å². The summed E-state index contributed by atoms with van der Waals surface area (Å²) in [5.41, 5.74) is 5.12. The number of likely N-dealkylation sites (tertiary alicyclic amines) is 2. The molecule has 0 unspecified atom stereocenters. The number of fused-ring (bicyclic) bond motifs is 1. The predicted octanol–water partition coefficient (Wildman–Crippen LogP) is 6.06. The SMILES string of the molecule is O=C1CCCCN1Cc1ccc(C(=Nc2ccc(CN3CCCC3)cc2)c2c(O)[nH]c3ccc([N+](=O)[O-])cc23)cc1. The minimum atomic E-state index is -0.445. The second-order valence-electron chi connectivity index (χ2n) is 10.9. The van der Waals surface area contributed by atoms with E-state index in [4.69, 9.17) is 4.99 Å². The summed E-state index contributed by atoms with van der Waals surface area (Å²) in [7, 11) is 0. The third-order valence-electron chi connectivity index (χ3n) is 8.01. The van der Waals surface area contributed by atoms with Gasteiger partial charge in [-0.05, 0) is 68.1 Å². The molecule has 0 aliphatic carbocycles. The summed E-state index contributed by atoms with van der Waals surface area (Å²) in [5.74, 6) is 0.0777. The monoisotopic (exact) mass is 551 g/mol. The maximum absolute atomic E-state index is 12.3. The third-order valence-corrected chi connectivity index (χ3v) is 8.01. The van der Waals surface area contributed by atoms with Crippen LogP contribution < -0.4 is 0 Å². The number of aromatic hydroxyl groups is 1. The number of benzene rings is 3. The summed E-state index contributed by atoms with van der Waals surface area (Å²) in [4.78, 5) is 35.7. The Morgan fingerprint density at radius 3 is 2.29 bits per heavy atom. The van der Waals surface area contributed by atoms with Gasteiger partial charge in [-0.25, -0.2) is 4.99 Å². The minimum Gasteiger partial charge on any atom is -0.494 e. The molecule has 41 heavy (non-hydrogen) atoms. The summed E-state index contributed by atoms with van der Waals surface area (Å²) in [5, 5.41) is 23.1. The number of amides is 1. The van der Waals surface area contributed by atoms with Crippen LogP contribution in [0.1, 0.15) is 54.4 Å². The number of carbonyl (C=O) groups excluding carboxylic acids is 1. The number of rotatable bonds is 8. The van der Waals surface area contributed by atoms with Crippen LogP contribution in [0.3, 0.4) is 0 Å². The molecule has 3 heterocycles. The highest BCUT2D eigenvalue weighted by Crippen LogP contribution is 2.34. The number of piperidine rings is 1. The first kappa shape index (κ1) is 26.7. The zero-order valence-corrected chi connectivity index (χ0v) is 22.9. The Morgan fingerprint density at radius 2 is 1.59 bits per heavy atom. The highest BCUT2D eigenvalue weighted by molar-refractivity contribution is 6.22. The van der Waals surface area contributed by atoms with Crippen LogP contribution in [-0.4, -0.2) is 56.1 Å². The molecule has 0 atom stereocenters. The molecule has 210 valence electrons. The van der Waals surface area contributed by atoms with Gasteiger partial charge >= 0.3 is 0 Å². The first-order valence-electron chi connectivity index (χ1n) is 14.2. The Morgan fingerprint density at radius 1 is 0.902 bits per heavy atom. The molecule has 2 N–H and O–H groups in total. The Hall–Kier alpha value is -4.50. The van der Waals surface area contributed by atoms with E-state index in [2.05, 4.69) is 22.0 Å². The molecular weight excluding hydrogens is 518 g/mol. The summed E-state index contributed by atoms with van der Waals surface area (Å²) in [6.07, 6.45) is 5.04. The van der Waals surface area contributed by atoms with E-state index in [0.717, 1.165) is 50.1 Å². The molecule has 9 heteroatoms. The van der Waals surface area contributed by atoms with Crippen LogP contribution >= 0.6 is 0 Å². The van der Waals surface area contributed by atoms with Crippen LogP contribution in [0.15, 0.2) is 71.7 Å². The van der Waals surface area contributed by atoms with Crippen molar-refractivity contribution in [2.24, 2.45) is 4.99 Å². The van der Waals surface area contributed by atoms with Gasteiger partial charge in [0.1, 0.15) is 0 Å². The van der Waals surface area contributed by atoms with Crippen LogP contribution in [0, 0.1) is 10.1 Å². The fourth-order valence-corrected chi connectivity index (χ4v) is 5.81. The van der Waals surface area contributed by atoms with Crippen LogP contribution in [-0.2, 0) is 17.9 Å². The van der Waals surface area contributed by atoms with Gasteiger partial charge in [0.05, 0.1) is 21.9 Å². The van der Waals surface area contributed by atoms with Gasteiger partial charge in [0.15, 0.2) is 5.88 Å². The van der Waals surface area contributed by atoms with Crippen LogP contribution in [0.4, 0.5) is 11.4 Å². The number of H-pyrrole nitrogens is 1. The topological polar surface area (TPSA) is 115 Å². The van der Waals surface area contributed by atoms with Crippen molar-refractivity contribution >= 4 is 33.9 Å². The number of aromatic nitrogens is 1. The average molecular weight is 552 g/mol. The summed E-state index contributed by atoms with van der Waals surface area (Å²) in [6.45, 7) is 4.47. The number of non-ortho nitro benzene ring substituents is 1. The Labute approximate surface area is 238 Å². The first-order chi connectivity index (χ1) is 19.9. The van der Waals surface area contributed by atoms with E-state index in [-0.39, 0.29) is 17.5 Å². The fourth-order valence-electron chi connectivity index (χ4n) is 5.81. The van der Waals surface area contributed by atoms with E-state index >= 15 is 0 Å². The molecular formula is C32H33N5O4. The fraction of sp³-hybridized carbons (Fsp3) is 0.312. The van der Waals surface area contributed by atoms with E-state index in [0.29, 0.717) is 40.8 Å². The molecule has 2 aliphatic heterocycles. The normalized spacial score (nSPS) is 16.5. The van der Waals surface area contributed by atoms with Crippen LogP contribution in [0.25, 0.3) is 10.9 Å². The number of nitro groups is 1. The zero-order valence-electron chi connectivity index (χ0n) is 22.9. The molecule has 4 aromatic rings. The quantitative estimate of drug-likeness (QED) is 0.157. The zero-order chi connectivity index (χ0) is 28.3. The Bertz CT molecular complexity index is 1600. The van der Waals surface area contributed by atoms with E-state index in [1.54, 1.807) is 6.07 Å². The van der Waals surface area contributed by atoms with E-state index in [9.17, 15) is 20.0 Å². The molecule has 0 saturated carbocycles. The molecule has 0 radical (unpaired) electrons. The standard InChI is InChI=1S/C32H33N5O4/c38-29-5-1-2-18-36(29)21-23-6-10-24(11-7-23)31(30-27-19-26(37(40)41)14-15-28(27)34-32(30)39)33-25-12-8-22(9-13-25)20-35-16-3-4-17-35/h6-15,19,34,39H,1-5,16-18,20-21H2. The number of aromatic amines is 1. The largest absolute Gasteiger partial charge is 0.494 e. The van der Waals surface area contributed by atoms with Crippen molar-refractivity contribution in [3.05, 3.63) is 99.1 Å². The van der Waals surface area contributed by atoms with Gasteiger partial charge in [0, 0.05) is 54.7 Å². The molecule has 3 aromatic carbocycles. The van der Waals surface area contributed by atoms with Crippen molar-refractivity contribution in [1.82, 2.24) is 14.8 Å². The van der Waals surface area contributed by atoms with Crippen molar-refractivity contribution in [1.29, 1.82) is 0 Å². The van der Waals surface area contributed by atoms with E-state index < -0.39 is 4.92 Å². The van der Waals surface area contributed by atoms with Crippen LogP contribution in [0.2, 0.25) is 0 Å². The predicted molar refractivity (Wildman–Crippen MR) is 159 cm³/mol. The van der Waals surface area contributed by atoms with Crippen molar-refractivity contribution in [3.8, 4) is 5.88 Å². The molecule has 0 bridgehead atoms. The van der Waals surface area contributed by atoms with Crippen molar-refractivity contribution in [3.63, 3.8) is 0 Å². The molecule has 9 nitrogen and oxygen atoms in total. The molecule has 1 aromatic heterocycles. The van der Waals surface area contributed by atoms with Gasteiger partial charge in [-0.2, -0.15) is 0 Å². The summed E-state index contributed by atoms with van der Waals surface area (Å²) < 4.78 is 0. The molecule has 0 spiro atoms. The lowest BCUT2D eigenvalue weighted by atomic mass is 9.99. The molecule has 2 saturated heterocycles. The van der Waals surface area contributed by atoms with Crippen LogP contribution in [0.5, 0.6) is 5.88 Å². The first-order valence-corrected chi connectivity index (χ1v) is 14.2. The number of carbonyl (C=O) groups is 1. The Kier molecular flexibility index (Phi) is 7.52. The highest BCUT2D eigenvalue weighted by atomic mass is 16.6. The van der Waals surface area contributed by atoms with Crippen molar-refractivity contribution in [2.45, 2.75) is 45.2 Å². The number of hydrogen-bond donors (Lipinski definition) is 2. The molecule has 2 aliphatic rings. The maximum Gasteiger partial charge on any atom is 0.270 e. The second kappa shape index (κ2) is 11.5. The second-order valence-corrected chi connectivity index (χ2v) is 10.9. The lowest BCUT2D eigenvalue weighted by molar-refractivity contribution is -0.384. The Balaban J connectivity index is 1.38. The summed E-state index contributed by atoms with van der Waals surface area (Å²) >= 11 is 0. The van der Waals surface area contributed by atoms with Gasteiger partial charge in [-0.1, -0.05) is 36.4 Å². The van der Waals surface area contributed by atoms with Gasteiger partial charge in [0.25, 0.3) is 5.69 Å². The van der Waals surface area contributed by atoms with E-state index in [1.807, 2.05) is 41.3 Å².